The van der Waals surface area contributed by atoms with E-state index >= 15 is 0 Å². The van der Waals surface area contributed by atoms with Gasteiger partial charge in [-0.1, -0.05) is 0 Å². The van der Waals surface area contributed by atoms with E-state index < -0.39 is 0 Å². The van der Waals surface area contributed by atoms with Crippen molar-refractivity contribution in [3.63, 3.8) is 0 Å². The van der Waals surface area contributed by atoms with Crippen molar-refractivity contribution in [1.82, 2.24) is 10.3 Å². The summed E-state index contributed by atoms with van der Waals surface area (Å²) in [5.41, 5.74) is 1.46. The molecule has 1 saturated heterocycles. The van der Waals surface area contributed by atoms with Gasteiger partial charge in [-0.15, -0.1) is 11.3 Å². The van der Waals surface area contributed by atoms with Crippen LogP contribution in [0.4, 0.5) is 0 Å². The molecule has 1 aromatic rings. The second-order valence-corrected chi connectivity index (χ2v) is 7.90. The van der Waals surface area contributed by atoms with Gasteiger partial charge in [-0.05, 0) is 44.9 Å². The van der Waals surface area contributed by atoms with E-state index in [4.69, 9.17) is 9.72 Å². The molecule has 1 aliphatic heterocycles. The minimum atomic E-state index is 0.300. The first kappa shape index (κ1) is 13.2. The highest BCUT2D eigenvalue weighted by Crippen LogP contribution is 2.49. The van der Waals surface area contributed by atoms with E-state index in [0.29, 0.717) is 11.5 Å². The molecule has 0 amide bonds. The van der Waals surface area contributed by atoms with Crippen molar-refractivity contribution >= 4 is 11.3 Å². The summed E-state index contributed by atoms with van der Waals surface area (Å²) in [6.45, 7) is 4.16. The number of ether oxygens (including phenoxy) is 1. The fourth-order valence-corrected chi connectivity index (χ4v) is 4.53. The average Bonchev–Trinajstić information content (AvgIpc) is 3.35. The van der Waals surface area contributed by atoms with Gasteiger partial charge in [0.05, 0.1) is 11.1 Å². The summed E-state index contributed by atoms with van der Waals surface area (Å²) in [6.07, 6.45) is 8.24. The van der Waals surface area contributed by atoms with Crippen LogP contribution in [0.5, 0.6) is 0 Å². The molecular weight excluding hydrogens is 268 g/mol. The zero-order valence-corrected chi connectivity index (χ0v) is 13.0. The number of rotatable bonds is 6. The molecular formula is C16H24N2OS. The van der Waals surface area contributed by atoms with E-state index in [-0.39, 0.29) is 0 Å². The van der Waals surface area contributed by atoms with E-state index in [1.165, 1.54) is 37.1 Å². The standard InChI is InChI=1S/C16H24N2OS/c1-11-9-20-14(18-11)8-16(10-17-13-4-5-13)6-7-19-15(16)12-2-3-12/h9,12-13,15,17H,2-8,10H2,1H3. The topological polar surface area (TPSA) is 34.1 Å². The maximum Gasteiger partial charge on any atom is 0.0935 e. The Bertz CT molecular complexity index is 481. The highest BCUT2D eigenvalue weighted by Gasteiger charge is 2.51. The molecule has 1 N–H and O–H groups in total. The molecule has 0 aromatic carbocycles. The monoisotopic (exact) mass is 292 g/mol. The zero-order chi connectivity index (χ0) is 13.6. The summed E-state index contributed by atoms with van der Waals surface area (Å²) < 4.78 is 6.16. The Morgan fingerprint density at radius 3 is 2.90 bits per heavy atom. The van der Waals surface area contributed by atoms with Crippen molar-refractivity contribution in [3.8, 4) is 0 Å². The van der Waals surface area contributed by atoms with Crippen LogP contribution in [-0.2, 0) is 11.2 Å². The molecule has 1 aromatic heterocycles. The van der Waals surface area contributed by atoms with Gasteiger partial charge >= 0.3 is 0 Å². The molecule has 110 valence electrons. The van der Waals surface area contributed by atoms with Gasteiger partial charge < -0.3 is 10.1 Å². The minimum absolute atomic E-state index is 0.300. The lowest BCUT2D eigenvalue weighted by atomic mass is 9.76. The third-order valence-corrected chi connectivity index (χ3v) is 6.01. The predicted octanol–water partition coefficient (Wildman–Crippen LogP) is 2.93. The molecule has 4 rings (SSSR count). The first-order valence-corrected chi connectivity index (χ1v) is 8.89. The summed E-state index contributed by atoms with van der Waals surface area (Å²) in [6, 6.07) is 0.783. The van der Waals surface area contributed by atoms with Gasteiger partial charge in [-0.3, -0.25) is 0 Å². The zero-order valence-electron chi connectivity index (χ0n) is 12.2. The molecule has 2 unspecified atom stereocenters. The van der Waals surface area contributed by atoms with Crippen LogP contribution in [-0.4, -0.2) is 30.3 Å². The first-order chi connectivity index (χ1) is 9.75. The SMILES string of the molecule is Cc1csc(CC2(CNC3CC3)CCOC2C2CC2)n1. The Morgan fingerprint density at radius 1 is 1.40 bits per heavy atom. The summed E-state index contributed by atoms with van der Waals surface area (Å²) in [5.74, 6) is 0.819. The molecule has 2 aliphatic carbocycles. The van der Waals surface area contributed by atoms with E-state index in [0.717, 1.165) is 37.2 Å². The minimum Gasteiger partial charge on any atom is -0.377 e. The molecule has 3 aliphatic rings. The summed E-state index contributed by atoms with van der Waals surface area (Å²) in [5, 5.41) is 7.26. The van der Waals surface area contributed by atoms with Crippen LogP contribution in [0.1, 0.15) is 42.8 Å². The lowest BCUT2D eigenvalue weighted by Gasteiger charge is -2.34. The van der Waals surface area contributed by atoms with E-state index in [2.05, 4.69) is 17.6 Å². The Hall–Kier alpha value is -0.450. The number of aryl methyl sites for hydroxylation is 1. The van der Waals surface area contributed by atoms with Crippen molar-refractivity contribution in [2.24, 2.45) is 11.3 Å². The fraction of sp³-hybridized carbons (Fsp3) is 0.812. The van der Waals surface area contributed by atoms with Gasteiger partial charge in [0.2, 0.25) is 0 Å². The van der Waals surface area contributed by atoms with Crippen LogP contribution in [0.15, 0.2) is 5.38 Å². The first-order valence-electron chi connectivity index (χ1n) is 8.01. The van der Waals surface area contributed by atoms with Crippen LogP contribution in [0.25, 0.3) is 0 Å². The van der Waals surface area contributed by atoms with Gasteiger partial charge in [0.25, 0.3) is 0 Å². The highest BCUT2D eigenvalue weighted by atomic mass is 32.1. The largest absolute Gasteiger partial charge is 0.377 e. The molecule has 2 atom stereocenters. The molecule has 0 bridgehead atoms. The average molecular weight is 292 g/mol. The molecule has 2 heterocycles. The number of nitrogens with zero attached hydrogens (tertiary/aromatic N) is 1. The Morgan fingerprint density at radius 2 is 2.25 bits per heavy atom. The molecule has 4 heteroatoms. The van der Waals surface area contributed by atoms with Gasteiger partial charge in [0.15, 0.2) is 0 Å². The summed E-state index contributed by atoms with van der Waals surface area (Å²) >= 11 is 1.82. The molecule has 0 radical (unpaired) electrons. The van der Waals surface area contributed by atoms with Crippen molar-refractivity contribution in [2.75, 3.05) is 13.2 Å². The van der Waals surface area contributed by atoms with Crippen LogP contribution < -0.4 is 5.32 Å². The van der Waals surface area contributed by atoms with Crippen LogP contribution in [0.2, 0.25) is 0 Å². The Kier molecular flexibility index (Phi) is 3.36. The number of hydrogen-bond acceptors (Lipinski definition) is 4. The van der Waals surface area contributed by atoms with E-state index in [1.54, 1.807) is 0 Å². The van der Waals surface area contributed by atoms with Crippen molar-refractivity contribution in [3.05, 3.63) is 16.1 Å². The van der Waals surface area contributed by atoms with Crippen molar-refractivity contribution in [2.45, 2.75) is 57.6 Å². The highest BCUT2D eigenvalue weighted by molar-refractivity contribution is 7.09. The van der Waals surface area contributed by atoms with Crippen LogP contribution in [0.3, 0.4) is 0 Å². The summed E-state index contributed by atoms with van der Waals surface area (Å²) in [4.78, 5) is 4.71. The maximum atomic E-state index is 6.16. The van der Waals surface area contributed by atoms with Crippen LogP contribution in [0, 0.1) is 18.3 Å². The molecule has 2 saturated carbocycles. The Labute approximate surface area is 125 Å². The molecule has 3 nitrogen and oxygen atoms in total. The normalized spacial score (nSPS) is 33.8. The fourth-order valence-electron chi connectivity index (χ4n) is 3.60. The number of hydrogen-bond donors (Lipinski definition) is 1. The van der Waals surface area contributed by atoms with Crippen molar-refractivity contribution < 1.29 is 4.74 Å². The van der Waals surface area contributed by atoms with Gasteiger partial charge in [0, 0.05) is 42.1 Å². The number of aromatic nitrogens is 1. The third kappa shape index (κ3) is 2.66. The van der Waals surface area contributed by atoms with Crippen molar-refractivity contribution in [1.29, 1.82) is 0 Å². The lowest BCUT2D eigenvalue weighted by molar-refractivity contribution is 0.0304. The maximum absolute atomic E-state index is 6.16. The second-order valence-electron chi connectivity index (χ2n) is 6.96. The molecule has 0 spiro atoms. The third-order valence-electron chi connectivity index (χ3n) is 5.04. The van der Waals surface area contributed by atoms with Crippen LogP contribution >= 0.6 is 11.3 Å². The predicted molar refractivity (Wildman–Crippen MR) is 81.1 cm³/mol. The Balaban J connectivity index is 1.53. The van der Waals surface area contributed by atoms with Gasteiger partial charge in [0.1, 0.15) is 0 Å². The van der Waals surface area contributed by atoms with Gasteiger partial charge in [-0.2, -0.15) is 0 Å². The smallest absolute Gasteiger partial charge is 0.0935 e. The number of nitrogens with one attached hydrogen (secondary N) is 1. The quantitative estimate of drug-likeness (QED) is 0.875. The van der Waals surface area contributed by atoms with Gasteiger partial charge in [-0.25, -0.2) is 4.98 Å². The second kappa shape index (κ2) is 5.08. The molecule has 20 heavy (non-hydrogen) atoms. The lowest BCUT2D eigenvalue weighted by Crippen LogP contribution is -2.44. The number of thiazole rings is 1. The van der Waals surface area contributed by atoms with E-state index in [9.17, 15) is 0 Å². The summed E-state index contributed by atoms with van der Waals surface area (Å²) in [7, 11) is 0. The van der Waals surface area contributed by atoms with E-state index in [1.807, 2.05) is 11.3 Å². The molecule has 3 fully saturated rings.